The summed E-state index contributed by atoms with van der Waals surface area (Å²) in [6.45, 7) is 0.950. The van der Waals surface area contributed by atoms with Crippen molar-refractivity contribution in [1.82, 2.24) is 5.32 Å². The molecule has 2 aliphatic rings. The molecule has 0 unspecified atom stereocenters. The lowest BCUT2D eigenvalue weighted by Crippen LogP contribution is -2.34. The first-order valence-corrected chi connectivity index (χ1v) is 7.16. The van der Waals surface area contributed by atoms with Crippen molar-refractivity contribution in [1.29, 1.82) is 0 Å². The van der Waals surface area contributed by atoms with Crippen LogP contribution in [-0.4, -0.2) is 24.5 Å². The van der Waals surface area contributed by atoms with E-state index in [0.717, 1.165) is 49.9 Å². The van der Waals surface area contributed by atoms with Crippen LogP contribution in [0.4, 0.5) is 5.69 Å². The standard InChI is InChI=1S/C15H21N3O/c16-11-6-7-12(9-11)18-15(19)13-5-1-3-10-4-2-8-17-14(10)13/h1,3,5,11-12,17H,2,4,6-9,16H2,(H,18,19)/t11-,12-/m0/s1. The third-order valence-corrected chi connectivity index (χ3v) is 4.13. The van der Waals surface area contributed by atoms with E-state index >= 15 is 0 Å². The fourth-order valence-electron chi connectivity index (χ4n) is 3.11. The fourth-order valence-corrected chi connectivity index (χ4v) is 3.11. The second-order valence-electron chi connectivity index (χ2n) is 5.61. The molecule has 1 aromatic rings. The Kier molecular flexibility index (Phi) is 3.42. The summed E-state index contributed by atoms with van der Waals surface area (Å²) >= 11 is 0. The van der Waals surface area contributed by atoms with Crippen LogP contribution in [0.2, 0.25) is 0 Å². The van der Waals surface area contributed by atoms with Crippen molar-refractivity contribution in [3.63, 3.8) is 0 Å². The highest BCUT2D eigenvalue weighted by Crippen LogP contribution is 2.26. The van der Waals surface area contributed by atoms with Crippen molar-refractivity contribution in [2.45, 2.75) is 44.2 Å². The molecule has 102 valence electrons. The lowest BCUT2D eigenvalue weighted by molar-refractivity contribution is 0.0938. The molecule has 3 rings (SSSR count). The molecule has 1 fully saturated rings. The first-order valence-electron chi connectivity index (χ1n) is 7.16. The molecule has 1 aliphatic heterocycles. The minimum atomic E-state index is 0.0327. The summed E-state index contributed by atoms with van der Waals surface area (Å²) in [5, 5.41) is 6.48. The minimum Gasteiger partial charge on any atom is -0.384 e. The summed E-state index contributed by atoms with van der Waals surface area (Å²) in [4.78, 5) is 12.4. The van der Waals surface area contributed by atoms with E-state index in [1.54, 1.807) is 0 Å². The summed E-state index contributed by atoms with van der Waals surface area (Å²) in [7, 11) is 0. The van der Waals surface area contributed by atoms with Crippen molar-refractivity contribution >= 4 is 11.6 Å². The molecule has 19 heavy (non-hydrogen) atoms. The first kappa shape index (κ1) is 12.5. The SMILES string of the molecule is N[C@H]1CC[C@H](NC(=O)c2cccc3c2NCCC3)C1. The zero-order valence-electron chi connectivity index (χ0n) is 11.1. The number of hydrogen-bond acceptors (Lipinski definition) is 3. The molecule has 0 aromatic heterocycles. The molecule has 0 spiro atoms. The molecular weight excluding hydrogens is 238 g/mol. The maximum Gasteiger partial charge on any atom is 0.253 e. The number of carbonyl (C=O) groups excluding carboxylic acids is 1. The van der Waals surface area contributed by atoms with Gasteiger partial charge in [0.1, 0.15) is 0 Å². The van der Waals surface area contributed by atoms with Gasteiger partial charge in [0.2, 0.25) is 0 Å². The predicted molar refractivity (Wildman–Crippen MR) is 76.3 cm³/mol. The number of fused-ring (bicyclic) bond motifs is 1. The van der Waals surface area contributed by atoms with Crippen molar-refractivity contribution in [3.8, 4) is 0 Å². The number of hydrogen-bond donors (Lipinski definition) is 3. The number of amides is 1. The van der Waals surface area contributed by atoms with Crippen LogP contribution in [0.3, 0.4) is 0 Å². The lowest BCUT2D eigenvalue weighted by Gasteiger charge is -2.21. The number of aryl methyl sites for hydroxylation is 1. The Hall–Kier alpha value is -1.55. The topological polar surface area (TPSA) is 67.1 Å². The first-order chi connectivity index (χ1) is 9.24. The Bertz CT molecular complexity index is 486. The van der Waals surface area contributed by atoms with Crippen LogP contribution in [0.1, 0.15) is 41.6 Å². The van der Waals surface area contributed by atoms with Gasteiger partial charge in [0.25, 0.3) is 5.91 Å². The molecule has 1 amide bonds. The van der Waals surface area contributed by atoms with Crippen molar-refractivity contribution < 1.29 is 4.79 Å². The van der Waals surface area contributed by atoms with E-state index in [1.807, 2.05) is 12.1 Å². The largest absolute Gasteiger partial charge is 0.384 e. The minimum absolute atomic E-state index is 0.0327. The molecule has 1 aliphatic carbocycles. The van der Waals surface area contributed by atoms with Gasteiger partial charge in [-0.25, -0.2) is 0 Å². The van der Waals surface area contributed by atoms with E-state index in [2.05, 4.69) is 16.7 Å². The Morgan fingerprint density at radius 3 is 3.05 bits per heavy atom. The smallest absolute Gasteiger partial charge is 0.253 e. The molecule has 4 heteroatoms. The maximum absolute atomic E-state index is 12.4. The van der Waals surface area contributed by atoms with Crippen LogP contribution in [0.25, 0.3) is 0 Å². The number of anilines is 1. The van der Waals surface area contributed by atoms with Gasteiger partial charge in [-0.2, -0.15) is 0 Å². The van der Waals surface area contributed by atoms with Crippen LogP contribution in [0.5, 0.6) is 0 Å². The second-order valence-corrected chi connectivity index (χ2v) is 5.61. The highest BCUT2D eigenvalue weighted by Gasteiger charge is 2.25. The van der Waals surface area contributed by atoms with E-state index in [9.17, 15) is 4.79 Å². The zero-order chi connectivity index (χ0) is 13.2. The third kappa shape index (κ3) is 2.59. The summed E-state index contributed by atoms with van der Waals surface area (Å²) in [5.74, 6) is 0.0327. The summed E-state index contributed by atoms with van der Waals surface area (Å²) in [5.41, 5.74) is 8.94. The van der Waals surface area contributed by atoms with Crippen LogP contribution < -0.4 is 16.4 Å². The number of carbonyl (C=O) groups is 1. The lowest BCUT2D eigenvalue weighted by atomic mass is 9.99. The number of nitrogens with two attached hydrogens (primary N) is 1. The number of para-hydroxylation sites is 1. The average molecular weight is 259 g/mol. The molecule has 0 radical (unpaired) electrons. The molecule has 4 N–H and O–H groups in total. The van der Waals surface area contributed by atoms with Gasteiger partial charge in [0.15, 0.2) is 0 Å². The molecule has 0 bridgehead atoms. The van der Waals surface area contributed by atoms with E-state index in [4.69, 9.17) is 5.73 Å². The van der Waals surface area contributed by atoms with E-state index in [0.29, 0.717) is 0 Å². The van der Waals surface area contributed by atoms with Gasteiger partial charge in [-0.15, -0.1) is 0 Å². The molecule has 1 heterocycles. The van der Waals surface area contributed by atoms with E-state index in [1.165, 1.54) is 5.56 Å². The number of benzene rings is 1. The Morgan fingerprint density at radius 1 is 1.37 bits per heavy atom. The molecule has 1 saturated carbocycles. The molecule has 4 nitrogen and oxygen atoms in total. The van der Waals surface area contributed by atoms with Gasteiger partial charge in [0.05, 0.1) is 11.3 Å². The Labute approximate surface area is 113 Å². The van der Waals surface area contributed by atoms with Crippen LogP contribution in [-0.2, 0) is 6.42 Å². The Morgan fingerprint density at radius 2 is 2.26 bits per heavy atom. The fraction of sp³-hybridized carbons (Fsp3) is 0.533. The molecule has 1 aromatic carbocycles. The number of rotatable bonds is 2. The maximum atomic E-state index is 12.4. The van der Waals surface area contributed by atoms with Crippen molar-refractivity contribution in [2.75, 3.05) is 11.9 Å². The summed E-state index contributed by atoms with van der Waals surface area (Å²) in [6, 6.07) is 6.46. The second kappa shape index (κ2) is 5.21. The molecule has 2 atom stereocenters. The van der Waals surface area contributed by atoms with E-state index in [-0.39, 0.29) is 18.0 Å². The summed E-state index contributed by atoms with van der Waals surface area (Å²) < 4.78 is 0. The highest BCUT2D eigenvalue weighted by atomic mass is 16.1. The zero-order valence-corrected chi connectivity index (χ0v) is 11.1. The normalized spacial score (nSPS) is 25.5. The van der Waals surface area contributed by atoms with Gasteiger partial charge >= 0.3 is 0 Å². The van der Waals surface area contributed by atoms with Gasteiger partial charge in [-0.1, -0.05) is 12.1 Å². The van der Waals surface area contributed by atoms with Gasteiger partial charge in [-0.3, -0.25) is 4.79 Å². The average Bonchev–Trinajstić information content (AvgIpc) is 2.83. The number of nitrogens with one attached hydrogen (secondary N) is 2. The van der Waals surface area contributed by atoms with Crippen LogP contribution in [0.15, 0.2) is 18.2 Å². The van der Waals surface area contributed by atoms with Gasteiger partial charge in [0, 0.05) is 18.6 Å². The Balaban J connectivity index is 1.76. The van der Waals surface area contributed by atoms with Gasteiger partial charge < -0.3 is 16.4 Å². The van der Waals surface area contributed by atoms with E-state index < -0.39 is 0 Å². The van der Waals surface area contributed by atoms with Crippen molar-refractivity contribution in [3.05, 3.63) is 29.3 Å². The molecule has 0 saturated heterocycles. The van der Waals surface area contributed by atoms with Gasteiger partial charge in [-0.05, 0) is 43.7 Å². The van der Waals surface area contributed by atoms with Crippen molar-refractivity contribution in [2.24, 2.45) is 5.73 Å². The van der Waals surface area contributed by atoms with Crippen LogP contribution >= 0.6 is 0 Å². The third-order valence-electron chi connectivity index (χ3n) is 4.13. The summed E-state index contributed by atoms with van der Waals surface area (Å²) in [6.07, 6.45) is 5.09. The molecular formula is C15H21N3O. The van der Waals surface area contributed by atoms with Crippen LogP contribution in [0, 0.1) is 0 Å². The monoisotopic (exact) mass is 259 g/mol. The predicted octanol–water partition coefficient (Wildman–Crippen LogP) is 1.65. The quantitative estimate of drug-likeness (QED) is 0.756. The highest BCUT2D eigenvalue weighted by molar-refractivity contribution is 6.00.